The van der Waals surface area contributed by atoms with E-state index in [2.05, 4.69) is 63.8 Å². The predicted octanol–water partition coefficient (Wildman–Crippen LogP) is 1.84. The number of amides is 13. The Morgan fingerprint density at radius 1 is 0.610 bits per heavy atom. The van der Waals surface area contributed by atoms with E-state index in [0.29, 0.717) is 30.7 Å². The molecule has 0 saturated carbocycles. The van der Waals surface area contributed by atoms with Crippen molar-refractivity contribution in [3.63, 3.8) is 0 Å². The highest BCUT2D eigenvalue weighted by molar-refractivity contribution is 6.03. The molecule has 15 N–H and O–H groups in total. The summed E-state index contributed by atoms with van der Waals surface area (Å²) in [6, 6.07) is -7.67. The third-order valence-electron chi connectivity index (χ3n) is 19.3. The number of aliphatic hydroxyl groups excluding tert-OH is 1. The van der Waals surface area contributed by atoms with Gasteiger partial charge in [0.05, 0.1) is 6.10 Å². The van der Waals surface area contributed by atoms with Gasteiger partial charge in [-0.05, 0) is 112 Å². The van der Waals surface area contributed by atoms with Gasteiger partial charge in [-0.15, -0.1) is 0 Å². The second-order valence-electron chi connectivity index (χ2n) is 30.2. The van der Waals surface area contributed by atoms with Crippen molar-refractivity contribution in [1.29, 1.82) is 0 Å². The number of nitrogens with two attached hydrogens (primary N) is 1. The van der Waals surface area contributed by atoms with Crippen LogP contribution in [0.1, 0.15) is 195 Å². The fourth-order valence-electron chi connectivity index (χ4n) is 12.1. The number of benzene rings is 1. The van der Waals surface area contributed by atoms with Gasteiger partial charge in [-0.2, -0.15) is 0 Å². The Morgan fingerprint density at radius 2 is 1.15 bits per heavy atom. The van der Waals surface area contributed by atoms with E-state index in [0.717, 1.165) is 6.42 Å². The van der Waals surface area contributed by atoms with Crippen molar-refractivity contribution in [3.8, 4) is 0 Å². The van der Waals surface area contributed by atoms with Crippen LogP contribution in [0.2, 0.25) is 0 Å². The highest BCUT2D eigenvalue weighted by Gasteiger charge is 2.44. The number of allylic oxidation sites excluding steroid dienone is 1. The molecular weight excluding hydrogens is 1350 g/mol. The van der Waals surface area contributed by atoms with Crippen LogP contribution in [0.25, 0.3) is 0 Å². The van der Waals surface area contributed by atoms with Gasteiger partial charge in [0.25, 0.3) is 5.91 Å². The fourth-order valence-corrected chi connectivity index (χ4v) is 12.1. The highest BCUT2D eigenvalue weighted by Crippen LogP contribution is 2.23. The molecule has 0 unspecified atom stereocenters. The number of esters is 1. The largest absolute Gasteiger partial charge is 0.458 e. The predicted molar refractivity (Wildman–Crippen MR) is 395 cm³/mol. The molecule has 1 aromatic rings. The van der Waals surface area contributed by atoms with Crippen LogP contribution in [-0.2, 0) is 78.3 Å². The van der Waals surface area contributed by atoms with E-state index >= 15 is 9.59 Å². The van der Waals surface area contributed by atoms with Crippen molar-refractivity contribution in [2.24, 2.45) is 53.1 Å². The van der Waals surface area contributed by atoms with E-state index in [9.17, 15) is 62.6 Å². The summed E-state index contributed by atoms with van der Waals surface area (Å²) < 4.78 is 5.96. The summed E-state index contributed by atoms with van der Waals surface area (Å²) in [6.07, 6.45) is 1.02. The molecule has 2 fully saturated rings. The van der Waals surface area contributed by atoms with Gasteiger partial charge in [0.1, 0.15) is 84.3 Å². The van der Waals surface area contributed by atoms with Crippen LogP contribution in [0.15, 0.2) is 42.1 Å². The van der Waals surface area contributed by atoms with E-state index in [4.69, 9.17) is 10.5 Å². The topological polar surface area (TPSA) is 442 Å². The van der Waals surface area contributed by atoms with E-state index in [1.165, 1.54) is 31.7 Å². The highest BCUT2D eigenvalue weighted by atomic mass is 16.5. The molecule has 0 aromatic heterocycles. The summed E-state index contributed by atoms with van der Waals surface area (Å²) >= 11 is 0. The van der Waals surface area contributed by atoms with Crippen molar-refractivity contribution in [1.82, 2.24) is 68.7 Å². The first kappa shape index (κ1) is 90.7. The number of hydrogen-bond acceptors (Lipinski definition) is 17. The average molecular weight is 1480 g/mol. The van der Waals surface area contributed by atoms with Crippen LogP contribution in [0.3, 0.4) is 0 Å². The summed E-state index contributed by atoms with van der Waals surface area (Å²) in [7, 11) is 0. The monoisotopic (exact) mass is 1480 g/mol. The maximum atomic E-state index is 15.0. The molecule has 2 heterocycles. The zero-order valence-electron chi connectivity index (χ0n) is 65.2. The first-order chi connectivity index (χ1) is 49.2. The average Bonchev–Trinajstić information content (AvgIpc) is 1.79. The molecule has 105 heavy (non-hydrogen) atoms. The number of carbonyl (C=O) groups is 14. The Balaban J connectivity index is 2.00. The van der Waals surface area contributed by atoms with E-state index in [1.54, 1.807) is 127 Å². The van der Waals surface area contributed by atoms with Gasteiger partial charge in [-0.1, -0.05) is 166 Å². The van der Waals surface area contributed by atoms with Gasteiger partial charge in [0.2, 0.25) is 70.9 Å². The first-order valence-corrected chi connectivity index (χ1v) is 37.5. The maximum absolute atomic E-state index is 15.0. The smallest absolute Gasteiger partial charge is 0.329 e. The van der Waals surface area contributed by atoms with E-state index < -0.39 is 203 Å². The molecule has 0 spiro atoms. The molecule has 0 bridgehead atoms. The second-order valence-corrected chi connectivity index (χ2v) is 30.2. The van der Waals surface area contributed by atoms with Crippen LogP contribution in [-0.4, -0.2) is 191 Å². The zero-order chi connectivity index (χ0) is 79.4. The molecule has 0 radical (unpaired) electrons. The standard InChI is InChI=1S/C75H124N14O16/c1-20-44(16)59(71(100)88-62-47(19)105-75(104)58(43(14)15)84-63(92)49(22-3)77-65(94)51(37-48-30-24-23-25-31-48)79-67(96)55(40(8)9)81-70(99)60(45(17)21-2)86-73(62)102)85-64(93)50(32-27-35-76)78-66(95)52-33-28-36-89(52)74(103)57(42(12)13)83-69(98)56(41(10)11)82-72(101)61(46(18)90)87-68(97)54(39(6)7)80-53(91)34-26-29-38(4)5/h22-25,30-31,38-47,50-52,54-62,90H,20-21,26-29,32-37,76H2,1-19H3,(H,77,94)(H,78,95)(H,79,96)(H,80,91)(H,81,99)(H,82,101)(H,83,98)(H,84,92)(H,85,93)(H,86,102)(H,87,97)(H,88,100)/t44-,45+,46-,47-,50-,51+,52+,54+,55+,56+,57+,58+,59+,60+,61+,62-/m0/s1. The van der Waals surface area contributed by atoms with Crippen LogP contribution >= 0.6 is 0 Å². The fraction of sp³-hybridized carbons (Fsp3) is 0.707. The Hall–Kier alpha value is -8.54. The van der Waals surface area contributed by atoms with Gasteiger partial charge in [-0.3, -0.25) is 62.3 Å². The summed E-state index contributed by atoms with van der Waals surface area (Å²) in [6.45, 7) is 31.8. The lowest BCUT2D eigenvalue weighted by molar-refractivity contribution is -0.157. The second kappa shape index (κ2) is 43.8. The Bertz CT molecular complexity index is 3160. The molecule has 590 valence electrons. The minimum atomic E-state index is -1.83. The number of ether oxygens (including phenoxy) is 1. The van der Waals surface area contributed by atoms with Crippen LogP contribution < -0.4 is 69.5 Å². The Kier molecular flexibility index (Phi) is 37.8. The zero-order valence-corrected chi connectivity index (χ0v) is 65.2. The van der Waals surface area contributed by atoms with E-state index in [-0.39, 0.29) is 63.2 Å². The van der Waals surface area contributed by atoms with Crippen molar-refractivity contribution >= 4 is 82.8 Å². The molecule has 13 amide bonds. The minimum absolute atomic E-state index is 0.0355. The molecule has 2 aliphatic rings. The lowest BCUT2D eigenvalue weighted by Gasteiger charge is -2.33. The number of nitrogens with zero attached hydrogens (tertiary/aromatic N) is 1. The first-order valence-electron chi connectivity index (χ1n) is 37.5. The van der Waals surface area contributed by atoms with Gasteiger partial charge in [0, 0.05) is 19.4 Å². The molecule has 2 aliphatic heterocycles. The van der Waals surface area contributed by atoms with E-state index in [1.807, 2.05) is 13.8 Å². The molecule has 30 nitrogen and oxygen atoms in total. The summed E-state index contributed by atoms with van der Waals surface area (Å²) in [5.41, 5.74) is 6.34. The molecule has 30 heteroatoms. The van der Waals surface area contributed by atoms with Gasteiger partial charge >= 0.3 is 5.97 Å². The quantitative estimate of drug-likeness (QED) is 0.0353. The van der Waals surface area contributed by atoms with Gasteiger partial charge < -0.3 is 84.3 Å². The summed E-state index contributed by atoms with van der Waals surface area (Å²) in [5.74, 6) is -15.1. The SMILES string of the molecule is CC=C1NC(=O)[C@@H](Cc2ccccc2)NC(=O)[C@@H](C(C)C)NC(=O)[C@@H]([C@H](C)CC)NC(=O)[C@@H](NC(=O)[C@H](NC(=O)[C@H](CCCN)NC(=O)[C@H]2CCCN2C(=O)[C@H](NC(=O)[C@H](NC(=O)[C@H](NC(=O)[C@H](NC(=O)CCCC(C)C)C(C)C)[C@H](C)O)C(C)C)C(C)C)[C@@H](C)CC)[C@H](C)OC(=O)[C@@H](C(C)C)NC1=O. The number of rotatable bonds is 33. The van der Waals surface area contributed by atoms with Gasteiger partial charge in [-0.25, -0.2) is 4.79 Å². The summed E-state index contributed by atoms with van der Waals surface area (Å²) in [4.78, 5) is 202. The number of carbonyl (C=O) groups excluding carboxylic acids is 14. The number of aliphatic hydroxyl groups is 1. The van der Waals surface area contributed by atoms with Crippen molar-refractivity contribution in [2.75, 3.05) is 13.1 Å². The normalized spacial score (nSPS) is 22.6. The third-order valence-corrected chi connectivity index (χ3v) is 19.3. The van der Waals surface area contributed by atoms with Gasteiger partial charge in [0.15, 0.2) is 0 Å². The van der Waals surface area contributed by atoms with Crippen molar-refractivity contribution < 1.29 is 77.0 Å². The van der Waals surface area contributed by atoms with Crippen molar-refractivity contribution in [3.05, 3.63) is 47.7 Å². The lowest BCUT2D eigenvalue weighted by Crippen LogP contribution is -2.64. The number of hydrogen-bond donors (Lipinski definition) is 14. The summed E-state index contributed by atoms with van der Waals surface area (Å²) in [5, 5.41) is 43.2. The third kappa shape index (κ3) is 27.7. The molecular formula is C75H124N14O16. The molecule has 3 rings (SSSR count). The molecule has 16 atom stereocenters. The van der Waals surface area contributed by atoms with Crippen LogP contribution in [0, 0.1) is 47.3 Å². The number of likely N-dealkylation sites (tertiary alicyclic amines) is 1. The van der Waals surface area contributed by atoms with Crippen LogP contribution in [0.4, 0.5) is 0 Å². The lowest BCUT2D eigenvalue weighted by atomic mass is 9.95. The Labute approximate surface area is 620 Å². The maximum Gasteiger partial charge on any atom is 0.329 e. The number of cyclic esters (lactones) is 1. The minimum Gasteiger partial charge on any atom is -0.458 e. The molecule has 2 saturated heterocycles. The molecule has 0 aliphatic carbocycles. The number of nitrogens with one attached hydrogen (secondary N) is 12. The molecule has 1 aromatic carbocycles. The Morgan fingerprint density at radius 3 is 1.69 bits per heavy atom. The van der Waals surface area contributed by atoms with Crippen LogP contribution in [0.5, 0.6) is 0 Å². The van der Waals surface area contributed by atoms with Crippen molar-refractivity contribution in [2.45, 2.75) is 280 Å².